The van der Waals surface area contributed by atoms with E-state index < -0.39 is 0 Å². The predicted molar refractivity (Wildman–Crippen MR) is 80.2 cm³/mol. The van der Waals surface area contributed by atoms with Gasteiger partial charge in [-0.05, 0) is 31.6 Å². The molecule has 3 nitrogen and oxygen atoms in total. The number of hydrogen-bond acceptors (Lipinski definition) is 3. The molecule has 0 radical (unpaired) electrons. The molecule has 2 aliphatic carbocycles. The second kappa shape index (κ2) is 5.71. The molecule has 2 unspecified atom stereocenters. The molecule has 3 aliphatic rings. The SMILES string of the molecule is CCC1CCCC(CN)(N2CCN(C3CC3)CC2)C1. The van der Waals surface area contributed by atoms with Gasteiger partial charge in [-0.15, -0.1) is 0 Å². The van der Waals surface area contributed by atoms with Crippen LogP contribution in [-0.4, -0.2) is 54.1 Å². The van der Waals surface area contributed by atoms with Crippen molar-refractivity contribution in [2.75, 3.05) is 32.7 Å². The van der Waals surface area contributed by atoms with E-state index in [2.05, 4.69) is 16.7 Å². The van der Waals surface area contributed by atoms with Crippen molar-refractivity contribution in [3.05, 3.63) is 0 Å². The lowest BCUT2D eigenvalue weighted by Gasteiger charge is -2.51. The average Bonchev–Trinajstić information content (AvgIpc) is 3.32. The molecule has 1 aliphatic heterocycles. The van der Waals surface area contributed by atoms with Crippen molar-refractivity contribution in [3.63, 3.8) is 0 Å². The summed E-state index contributed by atoms with van der Waals surface area (Å²) in [5.74, 6) is 0.916. The summed E-state index contributed by atoms with van der Waals surface area (Å²) in [5.41, 5.74) is 6.58. The van der Waals surface area contributed by atoms with Gasteiger partial charge in [0, 0.05) is 44.3 Å². The lowest BCUT2D eigenvalue weighted by molar-refractivity contribution is -0.00347. The molecule has 110 valence electrons. The number of hydrogen-bond donors (Lipinski definition) is 1. The van der Waals surface area contributed by atoms with Gasteiger partial charge in [-0.2, -0.15) is 0 Å². The first kappa shape index (κ1) is 13.8. The van der Waals surface area contributed by atoms with Crippen LogP contribution < -0.4 is 5.73 Å². The molecule has 3 heteroatoms. The van der Waals surface area contributed by atoms with Crippen molar-refractivity contribution in [1.82, 2.24) is 9.80 Å². The molecule has 2 saturated carbocycles. The van der Waals surface area contributed by atoms with Gasteiger partial charge in [0.15, 0.2) is 0 Å². The first-order valence-corrected chi connectivity index (χ1v) is 8.46. The molecule has 0 aromatic heterocycles. The molecule has 2 N–H and O–H groups in total. The molecule has 2 atom stereocenters. The van der Waals surface area contributed by atoms with Crippen LogP contribution in [0.1, 0.15) is 51.9 Å². The van der Waals surface area contributed by atoms with Crippen LogP contribution in [0.2, 0.25) is 0 Å². The number of nitrogens with two attached hydrogens (primary N) is 1. The van der Waals surface area contributed by atoms with Crippen molar-refractivity contribution < 1.29 is 0 Å². The summed E-state index contributed by atoms with van der Waals surface area (Å²) < 4.78 is 0. The smallest absolute Gasteiger partial charge is 0.0335 e. The fraction of sp³-hybridized carbons (Fsp3) is 1.00. The van der Waals surface area contributed by atoms with E-state index in [9.17, 15) is 0 Å². The Balaban J connectivity index is 1.61. The van der Waals surface area contributed by atoms with Gasteiger partial charge in [0.25, 0.3) is 0 Å². The summed E-state index contributed by atoms with van der Waals surface area (Å²) in [7, 11) is 0. The Bertz CT molecular complexity index is 294. The van der Waals surface area contributed by atoms with Gasteiger partial charge >= 0.3 is 0 Å². The standard InChI is InChI=1S/C16H31N3/c1-2-14-4-3-7-16(12-14,13-17)19-10-8-18(9-11-19)15-5-6-15/h14-15H,2-13,17H2,1H3. The number of nitrogens with zero attached hydrogens (tertiary/aromatic N) is 2. The van der Waals surface area contributed by atoms with Crippen molar-refractivity contribution >= 4 is 0 Å². The molecule has 3 fully saturated rings. The zero-order valence-electron chi connectivity index (χ0n) is 12.6. The topological polar surface area (TPSA) is 32.5 Å². The van der Waals surface area contributed by atoms with Crippen LogP contribution in [0.4, 0.5) is 0 Å². The van der Waals surface area contributed by atoms with Gasteiger partial charge < -0.3 is 5.73 Å². The summed E-state index contributed by atoms with van der Waals surface area (Å²) in [4.78, 5) is 5.47. The van der Waals surface area contributed by atoms with E-state index in [1.54, 1.807) is 0 Å². The number of rotatable bonds is 4. The molecule has 0 aromatic rings. The highest BCUT2D eigenvalue weighted by Crippen LogP contribution is 2.39. The van der Waals surface area contributed by atoms with Gasteiger partial charge in [-0.3, -0.25) is 9.80 Å². The maximum atomic E-state index is 6.24. The minimum absolute atomic E-state index is 0.342. The minimum Gasteiger partial charge on any atom is -0.329 e. The minimum atomic E-state index is 0.342. The van der Waals surface area contributed by atoms with Crippen molar-refractivity contribution in [1.29, 1.82) is 0 Å². The van der Waals surface area contributed by atoms with Crippen LogP contribution in [-0.2, 0) is 0 Å². The molecule has 0 spiro atoms. The van der Waals surface area contributed by atoms with E-state index in [1.165, 1.54) is 71.1 Å². The molecule has 1 heterocycles. The van der Waals surface area contributed by atoms with E-state index >= 15 is 0 Å². The second-order valence-corrected chi connectivity index (χ2v) is 7.05. The summed E-state index contributed by atoms with van der Waals surface area (Å²) in [5, 5.41) is 0. The maximum absolute atomic E-state index is 6.24. The molecular weight excluding hydrogens is 234 g/mol. The molecule has 1 saturated heterocycles. The van der Waals surface area contributed by atoms with Gasteiger partial charge in [0.05, 0.1) is 0 Å². The molecule has 19 heavy (non-hydrogen) atoms. The third kappa shape index (κ3) is 2.84. The second-order valence-electron chi connectivity index (χ2n) is 7.05. The van der Waals surface area contributed by atoms with Gasteiger partial charge in [-0.25, -0.2) is 0 Å². The Labute approximate surface area is 118 Å². The quantitative estimate of drug-likeness (QED) is 0.844. The van der Waals surface area contributed by atoms with Crippen LogP contribution in [0.5, 0.6) is 0 Å². The van der Waals surface area contributed by atoms with Gasteiger partial charge in [0.1, 0.15) is 0 Å². The van der Waals surface area contributed by atoms with Gasteiger partial charge in [-0.1, -0.05) is 26.2 Å². The number of piperazine rings is 1. The van der Waals surface area contributed by atoms with E-state index in [1.807, 2.05) is 0 Å². The monoisotopic (exact) mass is 265 g/mol. The first-order valence-electron chi connectivity index (χ1n) is 8.46. The molecule has 3 rings (SSSR count). The van der Waals surface area contributed by atoms with Crippen LogP contribution in [0.15, 0.2) is 0 Å². The maximum Gasteiger partial charge on any atom is 0.0335 e. The highest BCUT2D eigenvalue weighted by atomic mass is 15.3. The van der Waals surface area contributed by atoms with Crippen LogP contribution in [0.25, 0.3) is 0 Å². The van der Waals surface area contributed by atoms with Crippen LogP contribution in [0, 0.1) is 5.92 Å². The fourth-order valence-electron chi connectivity index (χ4n) is 4.41. The summed E-state index contributed by atoms with van der Waals surface area (Å²) in [6.45, 7) is 8.29. The predicted octanol–water partition coefficient (Wildman–Crippen LogP) is 2.06. The Hall–Kier alpha value is -0.120. The largest absolute Gasteiger partial charge is 0.329 e. The van der Waals surface area contributed by atoms with Crippen molar-refractivity contribution in [2.24, 2.45) is 11.7 Å². The fourth-order valence-corrected chi connectivity index (χ4v) is 4.41. The third-order valence-electron chi connectivity index (χ3n) is 5.93. The molecular formula is C16H31N3. The first-order chi connectivity index (χ1) is 9.27. The normalized spacial score (nSPS) is 38.5. The summed E-state index contributed by atoms with van der Waals surface area (Å²) in [6, 6.07) is 0.936. The van der Waals surface area contributed by atoms with Crippen molar-refractivity contribution in [3.8, 4) is 0 Å². The van der Waals surface area contributed by atoms with E-state index in [0.29, 0.717) is 5.54 Å². The lowest BCUT2D eigenvalue weighted by atomic mass is 9.73. The van der Waals surface area contributed by atoms with Crippen LogP contribution in [0.3, 0.4) is 0 Å². The Kier molecular flexibility index (Phi) is 4.16. The molecule has 0 aromatic carbocycles. The highest BCUT2D eigenvalue weighted by molar-refractivity contribution is 4.99. The third-order valence-corrected chi connectivity index (χ3v) is 5.93. The zero-order valence-corrected chi connectivity index (χ0v) is 12.6. The Morgan fingerprint density at radius 3 is 2.42 bits per heavy atom. The highest BCUT2D eigenvalue weighted by Gasteiger charge is 2.42. The van der Waals surface area contributed by atoms with E-state index in [0.717, 1.165) is 18.5 Å². The lowest BCUT2D eigenvalue weighted by Crippen LogP contribution is -2.61. The summed E-state index contributed by atoms with van der Waals surface area (Å²) in [6.07, 6.45) is 9.73. The zero-order chi connectivity index (χ0) is 13.3. The molecule has 0 amide bonds. The summed E-state index contributed by atoms with van der Waals surface area (Å²) >= 11 is 0. The Morgan fingerprint density at radius 1 is 1.11 bits per heavy atom. The van der Waals surface area contributed by atoms with E-state index in [4.69, 9.17) is 5.73 Å². The van der Waals surface area contributed by atoms with Crippen molar-refractivity contribution in [2.45, 2.75) is 63.5 Å². The van der Waals surface area contributed by atoms with Gasteiger partial charge in [0.2, 0.25) is 0 Å². The molecule has 0 bridgehead atoms. The van der Waals surface area contributed by atoms with E-state index in [-0.39, 0.29) is 0 Å². The average molecular weight is 265 g/mol. The van der Waals surface area contributed by atoms with Crippen LogP contribution >= 0.6 is 0 Å². The Morgan fingerprint density at radius 2 is 1.84 bits per heavy atom.